The van der Waals surface area contributed by atoms with Crippen molar-refractivity contribution in [2.45, 2.75) is 46.3 Å². The number of hydrogen-bond donors (Lipinski definition) is 1. The quantitative estimate of drug-likeness (QED) is 0.925. The van der Waals surface area contributed by atoms with Gasteiger partial charge in [-0.3, -0.25) is 0 Å². The van der Waals surface area contributed by atoms with Crippen LogP contribution in [0.5, 0.6) is 5.88 Å². The molecule has 1 atom stereocenters. The molecule has 0 saturated carbocycles. The molecular formula is C16H27N3O2. The molecule has 5 heteroatoms. The van der Waals surface area contributed by atoms with E-state index in [1.54, 1.807) is 0 Å². The highest BCUT2D eigenvalue weighted by molar-refractivity contribution is 5.55. The maximum absolute atomic E-state index is 5.96. The second-order valence-corrected chi connectivity index (χ2v) is 6.84. The van der Waals surface area contributed by atoms with Crippen LogP contribution in [0, 0.1) is 5.92 Å². The number of rotatable bonds is 4. The summed E-state index contributed by atoms with van der Waals surface area (Å²) in [4.78, 5) is 6.82. The maximum Gasteiger partial charge on any atom is 0.239 e. The lowest BCUT2D eigenvalue weighted by molar-refractivity contribution is -0.0751. The van der Waals surface area contributed by atoms with E-state index in [-0.39, 0.29) is 11.7 Å². The maximum atomic E-state index is 5.96. The number of nitrogen functional groups attached to an aromatic ring is 1. The van der Waals surface area contributed by atoms with Crippen molar-refractivity contribution in [2.24, 2.45) is 5.92 Å². The molecule has 1 unspecified atom stereocenters. The first-order valence-electron chi connectivity index (χ1n) is 7.59. The number of pyridine rings is 1. The van der Waals surface area contributed by atoms with Gasteiger partial charge >= 0.3 is 0 Å². The SMILES string of the molecule is CC(C)COc1nc(N2CC(C)OC(C)(C)C2)ccc1N. The zero-order valence-electron chi connectivity index (χ0n) is 13.7. The Hall–Kier alpha value is -1.49. The summed E-state index contributed by atoms with van der Waals surface area (Å²) in [5.41, 5.74) is 6.36. The van der Waals surface area contributed by atoms with E-state index in [9.17, 15) is 0 Å². The standard InChI is InChI=1S/C16H27N3O2/c1-11(2)9-20-15-13(17)6-7-14(18-15)19-8-12(3)21-16(4,5)10-19/h6-7,11-12H,8-10,17H2,1-5H3. The van der Waals surface area contributed by atoms with Gasteiger partial charge in [0.05, 0.1) is 24.0 Å². The Bertz CT molecular complexity index is 488. The molecule has 1 aliphatic rings. The number of nitrogens with two attached hydrogens (primary N) is 1. The van der Waals surface area contributed by atoms with Crippen LogP contribution >= 0.6 is 0 Å². The van der Waals surface area contributed by atoms with Crippen LogP contribution in [0.2, 0.25) is 0 Å². The van der Waals surface area contributed by atoms with Gasteiger partial charge in [-0.2, -0.15) is 4.98 Å². The number of aromatic nitrogens is 1. The number of ether oxygens (including phenoxy) is 2. The van der Waals surface area contributed by atoms with Crippen LogP contribution < -0.4 is 15.4 Å². The lowest BCUT2D eigenvalue weighted by atomic mass is 10.1. The van der Waals surface area contributed by atoms with E-state index in [0.29, 0.717) is 24.1 Å². The summed E-state index contributed by atoms with van der Waals surface area (Å²) >= 11 is 0. The van der Waals surface area contributed by atoms with Gasteiger partial charge in [-0.05, 0) is 38.8 Å². The molecule has 2 rings (SSSR count). The molecule has 0 radical (unpaired) electrons. The number of morpholine rings is 1. The second-order valence-electron chi connectivity index (χ2n) is 6.84. The Morgan fingerprint density at radius 2 is 2.19 bits per heavy atom. The Morgan fingerprint density at radius 3 is 2.81 bits per heavy atom. The van der Waals surface area contributed by atoms with Crippen molar-refractivity contribution >= 4 is 11.5 Å². The van der Waals surface area contributed by atoms with Gasteiger partial charge in [0.15, 0.2) is 0 Å². The molecule has 0 amide bonds. The Balaban J connectivity index is 2.17. The minimum absolute atomic E-state index is 0.174. The zero-order chi connectivity index (χ0) is 15.6. The predicted octanol–water partition coefficient (Wildman–Crippen LogP) is 2.70. The third kappa shape index (κ3) is 4.24. The molecule has 0 aliphatic carbocycles. The van der Waals surface area contributed by atoms with E-state index in [1.807, 2.05) is 12.1 Å². The molecule has 0 aromatic carbocycles. The lowest BCUT2D eigenvalue weighted by Gasteiger charge is -2.42. The van der Waals surface area contributed by atoms with Gasteiger partial charge in [0.2, 0.25) is 5.88 Å². The lowest BCUT2D eigenvalue weighted by Crippen LogP contribution is -2.52. The number of hydrogen-bond acceptors (Lipinski definition) is 5. The Morgan fingerprint density at radius 1 is 1.48 bits per heavy atom. The van der Waals surface area contributed by atoms with Gasteiger partial charge in [0.1, 0.15) is 5.82 Å². The first-order chi connectivity index (χ1) is 9.77. The van der Waals surface area contributed by atoms with Gasteiger partial charge in [-0.1, -0.05) is 13.8 Å². The van der Waals surface area contributed by atoms with Crippen molar-refractivity contribution in [1.82, 2.24) is 4.98 Å². The molecular weight excluding hydrogens is 266 g/mol. The summed E-state index contributed by atoms with van der Waals surface area (Å²) in [7, 11) is 0. The van der Waals surface area contributed by atoms with Crippen LogP contribution in [0.3, 0.4) is 0 Å². The molecule has 1 saturated heterocycles. The fraction of sp³-hybridized carbons (Fsp3) is 0.688. The highest BCUT2D eigenvalue weighted by Crippen LogP contribution is 2.28. The van der Waals surface area contributed by atoms with E-state index in [1.165, 1.54) is 0 Å². The Kier molecular flexibility index (Phi) is 4.61. The minimum atomic E-state index is -0.181. The summed E-state index contributed by atoms with van der Waals surface area (Å²) in [6, 6.07) is 3.82. The topological polar surface area (TPSA) is 60.6 Å². The zero-order valence-corrected chi connectivity index (χ0v) is 13.7. The number of anilines is 2. The molecule has 0 bridgehead atoms. The first-order valence-corrected chi connectivity index (χ1v) is 7.59. The van der Waals surface area contributed by atoms with Crippen LogP contribution in [0.15, 0.2) is 12.1 Å². The van der Waals surface area contributed by atoms with Crippen LogP contribution in [0.1, 0.15) is 34.6 Å². The molecule has 2 heterocycles. The normalized spacial score (nSPS) is 21.6. The fourth-order valence-electron chi connectivity index (χ4n) is 2.61. The highest BCUT2D eigenvalue weighted by Gasteiger charge is 2.32. The van der Waals surface area contributed by atoms with Crippen LogP contribution in [0.4, 0.5) is 11.5 Å². The van der Waals surface area contributed by atoms with Crippen LogP contribution in [-0.4, -0.2) is 36.4 Å². The Labute approximate surface area is 127 Å². The average molecular weight is 293 g/mol. The van der Waals surface area contributed by atoms with Crippen molar-refractivity contribution in [3.05, 3.63) is 12.1 Å². The monoisotopic (exact) mass is 293 g/mol. The predicted molar refractivity (Wildman–Crippen MR) is 85.8 cm³/mol. The molecule has 2 N–H and O–H groups in total. The minimum Gasteiger partial charge on any atom is -0.476 e. The van der Waals surface area contributed by atoms with Crippen molar-refractivity contribution in [1.29, 1.82) is 0 Å². The van der Waals surface area contributed by atoms with Gasteiger partial charge in [-0.25, -0.2) is 0 Å². The molecule has 1 aliphatic heterocycles. The van der Waals surface area contributed by atoms with Gasteiger partial charge < -0.3 is 20.1 Å². The largest absolute Gasteiger partial charge is 0.476 e. The van der Waals surface area contributed by atoms with E-state index in [4.69, 9.17) is 15.2 Å². The third-order valence-electron chi connectivity index (χ3n) is 3.32. The summed E-state index contributed by atoms with van der Waals surface area (Å²) < 4.78 is 11.6. The molecule has 1 aromatic rings. The van der Waals surface area contributed by atoms with E-state index >= 15 is 0 Å². The van der Waals surface area contributed by atoms with Gasteiger partial charge in [0.25, 0.3) is 0 Å². The van der Waals surface area contributed by atoms with E-state index < -0.39 is 0 Å². The van der Waals surface area contributed by atoms with E-state index in [0.717, 1.165) is 18.9 Å². The van der Waals surface area contributed by atoms with Crippen LogP contribution in [0.25, 0.3) is 0 Å². The van der Waals surface area contributed by atoms with E-state index in [2.05, 4.69) is 44.5 Å². The molecule has 21 heavy (non-hydrogen) atoms. The van der Waals surface area contributed by atoms with Crippen LogP contribution in [-0.2, 0) is 4.74 Å². The summed E-state index contributed by atoms with van der Waals surface area (Å²) in [5, 5.41) is 0. The van der Waals surface area contributed by atoms with Crippen molar-refractivity contribution in [2.75, 3.05) is 30.3 Å². The third-order valence-corrected chi connectivity index (χ3v) is 3.32. The second kappa shape index (κ2) is 6.10. The summed E-state index contributed by atoms with van der Waals surface area (Å²) in [6.07, 6.45) is 0.174. The molecule has 5 nitrogen and oxygen atoms in total. The van der Waals surface area contributed by atoms with Crippen molar-refractivity contribution in [3.63, 3.8) is 0 Å². The first kappa shape index (κ1) is 15.9. The van der Waals surface area contributed by atoms with Crippen molar-refractivity contribution < 1.29 is 9.47 Å². The highest BCUT2D eigenvalue weighted by atomic mass is 16.5. The fourth-order valence-corrected chi connectivity index (χ4v) is 2.61. The average Bonchev–Trinajstić information content (AvgIpc) is 2.35. The smallest absolute Gasteiger partial charge is 0.239 e. The molecule has 0 spiro atoms. The van der Waals surface area contributed by atoms with Gasteiger partial charge in [-0.15, -0.1) is 0 Å². The van der Waals surface area contributed by atoms with Gasteiger partial charge in [0, 0.05) is 13.1 Å². The molecule has 1 fully saturated rings. The van der Waals surface area contributed by atoms with Crippen molar-refractivity contribution in [3.8, 4) is 5.88 Å². The molecule has 118 valence electrons. The summed E-state index contributed by atoms with van der Waals surface area (Å²) in [6.45, 7) is 12.7. The number of nitrogens with zero attached hydrogens (tertiary/aromatic N) is 2. The molecule has 1 aromatic heterocycles. The summed E-state index contributed by atoms with van der Waals surface area (Å²) in [5.74, 6) is 1.86.